The quantitative estimate of drug-likeness (QED) is 0.657. The Labute approximate surface area is 119 Å². The first kappa shape index (κ1) is 16.2. The van der Waals surface area contributed by atoms with Gasteiger partial charge in [-0.05, 0) is 18.2 Å². The minimum absolute atomic E-state index is 0.141. The summed E-state index contributed by atoms with van der Waals surface area (Å²) in [6.07, 6.45) is 0. The van der Waals surface area contributed by atoms with E-state index in [2.05, 4.69) is 4.74 Å². The molecule has 0 amide bonds. The van der Waals surface area contributed by atoms with Gasteiger partial charge in [0.1, 0.15) is 16.1 Å². The third kappa shape index (κ3) is 4.31. The van der Waals surface area contributed by atoms with Crippen molar-refractivity contribution in [3.05, 3.63) is 29.0 Å². The maximum atomic E-state index is 13.0. The predicted molar refractivity (Wildman–Crippen MR) is 68.3 cm³/mol. The molecule has 0 fully saturated rings. The van der Waals surface area contributed by atoms with Gasteiger partial charge in [-0.3, -0.25) is 4.79 Å². The molecule has 1 aromatic carbocycles. The van der Waals surface area contributed by atoms with Crippen LogP contribution in [0, 0.1) is 5.82 Å². The number of carbonyl (C=O) groups excluding carboxylic acids is 1. The van der Waals surface area contributed by atoms with Gasteiger partial charge in [0.2, 0.25) is 10.0 Å². The van der Waals surface area contributed by atoms with Gasteiger partial charge in [0.05, 0.1) is 12.1 Å². The van der Waals surface area contributed by atoms with Gasteiger partial charge in [-0.15, -0.1) is 11.6 Å². The zero-order valence-corrected chi connectivity index (χ0v) is 12.0. The first-order valence-corrected chi connectivity index (χ1v) is 7.24. The summed E-state index contributed by atoms with van der Waals surface area (Å²) in [5.74, 6) is -1.53. The maximum absolute atomic E-state index is 13.0. The molecule has 0 radical (unpaired) electrons. The Hall–Kier alpha value is -0.890. The molecule has 1 rings (SSSR count). The average molecular weight is 330 g/mol. The van der Waals surface area contributed by atoms with Crippen molar-refractivity contribution in [2.75, 3.05) is 13.7 Å². The largest absolute Gasteiger partial charge is 0.468 e. The lowest BCUT2D eigenvalue weighted by Gasteiger charge is -2.10. The van der Waals surface area contributed by atoms with Crippen molar-refractivity contribution in [2.24, 2.45) is 0 Å². The first-order chi connectivity index (χ1) is 8.77. The van der Waals surface area contributed by atoms with Crippen LogP contribution in [0.5, 0.6) is 0 Å². The first-order valence-electron chi connectivity index (χ1n) is 4.94. The molecule has 0 aromatic heterocycles. The highest BCUT2D eigenvalue weighted by atomic mass is 35.5. The normalized spacial score (nSPS) is 13.1. The second-order valence-corrected chi connectivity index (χ2v) is 6.09. The lowest BCUT2D eigenvalue weighted by Crippen LogP contribution is -2.34. The van der Waals surface area contributed by atoms with Gasteiger partial charge >= 0.3 is 5.97 Å². The van der Waals surface area contributed by atoms with Gasteiger partial charge in [-0.1, -0.05) is 11.6 Å². The highest BCUT2D eigenvalue weighted by molar-refractivity contribution is 7.89. The number of rotatable bonds is 5. The standard InChI is InChI=1S/C10H10Cl2FNO4S/c1-18-10(15)8(12)5-14-19(16,17)9-4-6(13)2-3-7(9)11/h2-4,8,14H,5H2,1H3. The van der Waals surface area contributed by atoms with E-state index in [4.69, 9.17) is 23.2 Å². The molecule has 0 spiro atoms. The van der Waals surface area contributed by atoms with Crippen LogP contribution in [0.3, 0.4) is 0 Å². The van der Waals surface area contributed by atoms with Crippen LogP contribution >= 0.6 is 23.2 Å². The van der Waals surface area contributed by atoms with E-state index < -0.39 is 38.6 Å². The average Bonchev–Trinajstić information content (AvgIpc) is 2.37. The number of methoxy groups -OCH3 is 1. The molecule has 0 aliphatic carbocycles. The molecule has 1 atom stereocenters. The van der Waals surface area contributed by atoms with Crippen LogP contribution in [0.1, 0.15) is 0 Å². The summed E-state index contributed by atoms with van der Waals surface area (Å²) in [4.78, 5) is 10.6. The van der Waals surface area contributed by atoms with E-state index in [1.807, 2.05) is 4.72 Å². The zero-order chi connectivity index (χ0) is 14.6. The van der Waals surface area contributed by atoms with Crippen molar-refractivity contribution in [3.63, 3.8) is 0 Å². The number of carbonyl (C=O) groups is 1. The van der Waals surface area contributed by atoms with E-state index in [0.29, 0.717) is 0 Å². The van der Waals surface area contributed by atoms with Crippen molar-refractivity contribution in [1.29, 1.82) is 0 Å². The van der Waals surface area contributed by atoms with E-state index in [0.717, 1.165) is 25.3 Å². The molecule has 0 heterocycles. The van der Waals surface area contributed by atoms with Crippen LogP contribution in [-0.2, 0) is 19.6 Å². The number of halogens is 3. The van der Waals surface area contributed by atoms with E-state index in [-0.39, 0.29) is 5.02 Å². The minimum Gasteiger partial charge on any atom is -0.468 e. The van der Waals surface area contributed by atoms with Crippen molar-refractivity contribution in [1.82, 2.24) is 4.72 Å². The van der Waals surface area contributed by atoms with Crippen molar-refractivity contribution >= 4 is 39.2 Å². The third-order valence-corrected chi connectivity index (χ3v) is 4.33. The van der Waals surface area contributed by atoms with Crippen LogP contribution in [0.15, 0.2) is 23.1 Å². The Morgan fingerprint density at radius 1 is 1.53 bits per heavy atom. The number of sulfonamides is 1. The van der Waals surface area contributed by atoms with E-state index in [9.17, 15) is 17.6 Å². The van der Waals surface area contributed by atoms with Crippen LogP contribution in [0.25, 0.3) is 0 Å². The third-order valence-electron chi connectivity index (χ3n) is 2.09. The molecule has 9 heteroatoms. The second kappa shape index (κ2) is 6.51. The number of ether oxygens (including phenoxy) is 1. The maximum Gasteiger partial charge on any atom is 0.325 e. The SMILES string of the molecule is COC(=O)C(Cl)CNS(=O)(=O)c1cc(F)ccc1Cl. The second-order valence-electron chi connectivity index (χ2n) is 3.42. The summed E-state index contributed by atoms with van der Waals surface area (Å²) in [5.41, 5.74) is 0. The van der Waals surface area contributed by atoms with Crippen molar-refractivity contribution in [3.8, 4) is 0 Å². The molecule has 1 aromatic rings. The molecule has 1 unspecified atom stereocenters. The van der Waals surface area contributed by atoms with E-state index in [1.165, 1.54) is 0 Å². The van der Waals surface area contributed by atoms with Gasteiger partial charge in [0.15, 0.2) is 0 Å². The van der Waals surface area contributed by atoms with Gasteiger partial charge in [-0.25, -0.2) is 17.5 Å². The molecule has 19 heavy (non-hydrogen) atoms. The fourth-order valence-corrected chi connectivity index (χ4v) is 2.97. The van der Waals surface area contributed by atoms with Gasteiger partial charge in [0, 0.05) is 6.54 Å². The molecule has 0 aliphatic rings. The molecule has 0 aliphatic heterocycles. The van der Waals surface area contributed by atoms with Crippen LogP contribution in [0.2, 0.25) is 5.02 Å². The zero-order valence-electron chi connectivity index (χ0n) is 9.69. The topological polar surface area (TPSA) is 72.5 Å². The van der Waals surface area contributed by atoms with Crippen molar-refractivity contribution in [2.45, 2.75) is 10.3 Å². The lowest BCUT2D eigenvalue weighted by atomic mass is 10.3. The summed E-state index contributed by atoms with van der Waals surface area (Å²) in [6, 6.07) is 2.91. The van der Waals surface area contributed by atoms with Crippen molar-refractivity contribution < 1.29 is 22.3 Å². The molecular formula is C10H10Cl2FNO4S. The number of nitrogens with one attached hydrogen (secondary N) is 1. The van der Waals surface area contributed by atoms with E-state index in [1.54, 1.807) is 0 Å². The molecule has 0 saturated carbocycles. The van der Waals surface area contributed by atoms with Gasteiger partial charge in [-0.2, -0.15) is 0 Å². The molecule has 106 valence electrons. The monoisotopic (exact) mass is 329 g/mol. The number of alkyl halides is 1. The predicted octanol–water partition coefficient (Wildman–Crippen LogP) is 1.54. The minimum atomic E-state index is -4.06. The Balaban J connectivity index is 2.87. The summed E-state index contributed by atoms with van der Waals surface area (Å²) >= 11 is 11.3. The van der Waals surface area contributed by atoms with Crippen LogP contribution < -0.4 is 4.72 Å². The van der Waals surface area contributed by atoms with E-state index >= 15 is 0 Å². The number of esters is 1. The number of hydrogen-bond donors (Lipinski definition) is 1. The summed E-state index contributed by atoms with van der Waals surface area (Å²) in [7, 11) is -2.94. The number of hydrogen-bond acceptors (Lipinski definition) is 4. The smallest absolute Gasteiger partial charge is 0.325 e. The Morgan fingerprint density at radius 3 is 2.74 bits per heavy atom. The molecule has 5 nitrogen and oxygen atoms in total. The fraction of sp³-hybridized carbons (Fsp3) is 0.300. The highest BCUT2D eigenvalue weighted by Crippen LogP contribution is 2.21. The van der Waals surface area contributed by atoms with Crippen LogP contribution in [0.4, 0.5) is 4.39 Å². The van der Waals surface area contributed by atoms with Gasteiger partial charge in [0.25, 0.3) is 0 Å². The molecule has 1 N–H and O–H groups in total. The Morgan fingerprint density at radius 2 is 2.16 bits per heavy atom. The lowest BCUT2D eigenvalue weighted by molar-refractivity contribution is -0.140. The molecule has 0 bridgehead atoms. The van der Waals surface area contributed by atoms with Crippen LogP contribution in [-0.4, -0.2) is 33.4 Å². The summed E-state index contributed by atoms with van der Waals surface area (Å²) < 4.78 is 43.1. The molecule has 0 saturated heterocycles. The Kier molecular flexibility index (Phi) is 5.54. The molecular weight excluding hydrogens is 320 g/mol. The summed E-state index contributed by atoms with van der Waals surface area (Å²) in [5, 5.41) is -1.33. The highest BCUT2D eigenvalue weighted by Gasteiger charge is 2.22. The van der Waals surface area contributed by atoms with Gasteiger partial charge < -0.3 is 4.74 Å². The summed E-state index contributed by atoms with van der Waals surface area (Å²) in [6.45, 7) is -0.399. The number of benzene rings is 1. The fourth-order valence-electron chi connectivity index (χ4n) is 1.15. The Bertz CT molecular complexity index is 579.